The molecule has 5 aromatic carbocycles. The topological polar surface area (TPSA) is 88.2 Å². The van der Waals surface area contributed by atoms with Gasteiger partial charge in [-0.3, -0.25) is 14.4 Å². The second-order valence-electron chi connectivity index (χ2n) is 10.8. The first-order valence-electron chi connectivity index (χ1n) is 14.4. The molecule has 0 spiro atoms. The van der Waals surface area contributed by atoms with Crippen LogP contribution in [0.15, 0.2) is 126 Å². The van der Waals surface area contributed by atoms with Crippen LogP contribution in [0, 0.1) is 6.92 Å². The third-order valence-corrected chi connectivity index (χ3v) is 9.22. The van der Waals surface area contributed by atoms with Gasteiger partial charge in [0, 0.05) is 17.9 Å². The molecule has 0 saturated heterocycles. The molecule has 1 atom stereocenters. The molecule has 45 heavy (non-hydrogen) atoms. The molecule has 8 nitrogen and oxygen atoms in total. The molecule has 0 radical (unpaired) electrons. The van der Waals surface area contributed by atoms with E-state index in [0.717, 1.165) is 16.7 Å². The minimum Gasteiger partial charge on any atom is -0.497 e. The molecule has 0 fully saturated rings. The number of rotatable bonds is 9. The van der Waals surface area contributed by atoms with Crippen molar-refractivity contribution in [2.45, 2.75) is 24.5 Å². The van der Waals surface area contributed by atoms with Crippen LogP contribution in [0.3, 0.4) is 0 Å². The Morgan fingerprint density at radius 2 is 1.38 bits per heavy atom. The maximum atomic E-state index is 14.6. The summed E-state index contributed by atoms with van der Waals surface area (Å²) in [5.41, 5.74) is 4.97. The van der Waals surface area contributed by atoms with E-state index >= 15 is 0 Å². The summed E-state index contributed by atoms with van der Waals surface area (Å²) < 4.78 is 40.3. The first kappa shape index (κ1) is 29.8. The highest BCUT2D eigenvalue weighted by Gasteiger charge is 2.40. The van der Waals surface area contributed by atoms with Gasteiger partial charge in [0.2, 0.25) is 0 Å². The van der Waals surface area contributed by atoms with Gasteiger partial charge >= 0.3 is 0 Å². The monoisotopic (exact) mass is 619 g/mol. The van der Waals surface area contributed by atoms with Crippen molar-refractivity contribution in [1.82, 2.24) is 0 Å². The molecule has 0 aliphatic carbocycles. The SMILES string of the molecule is COc1ccc(NS(=O)(=O)c2ccc3c(c2)C(=O)N(c2ccc(C)cc2)[C@@H](c2ccc(OC)cc2)N3Cc2ccccc2)cc1. The van der Waals surface area contributed by atoms with Crippen LogP contribution in [0.5, 0.6) is 11.5 Å². The predicted octanol–water partition coefficient (Wildman–Crippen LogP) is 7.18. The van der Waals surface area contributed by atoms with E-state index in [-0.39, 0.29) is 16.4 Å². The van der Waals surface area contributed by atoms with E-state index in [1.807, 2.05) is 85.8 Å². The standard InChI is InChI=1S/C36H33N3O5S/c1-25-9-15-29(16-10-25)39-35(27-11-17-30(43-2)18-12-27)38(24-26-7-5-4-6-8-26)34-22-21-32(23-33(34)36(39)40)45(41,42)37-28-13-19-31(44-3)20-14-28/h4-23,35,37H,24H2,1-3H3/t35-/m0/s1. The molecular weight excluding hydrogens is 586 g/mol. The van der Waals surface area contributed by atoms with Gasteiger partial charge < -0.3 is 14.4 Å². The zero-order valence-corrected chi connectivity index (χ0v) is 26.0. The Balaban J connectivity index is 1.50. The fraction of sp³-hybridized carbons (Fsp3) is 0.139. The molecule has 6 rings (SSSR count). The molecule has 228 valence electrons. The Labute approximate surface area is 263 Å². The van der Waals surface area contributed by atoms with Gasteiger partial charge in [-0.2, -0.15) is 0 Å². The molecule has 1 aliphatic rings. The largest absolute Gasteiger partial charge is 0.497 e. The van der Waals surface area contributed by atoms with Crippen molar-refractivity contribution in [3.63, 3.8) is 0 Å². The highest BCUT2D eigenvalue weighted by molar-refractivity contribution is 7.92. The molecule has 0 bridgehead atoms. The fourth-order valence-corrected chi connectivity index (χ4v) is 6.59. The summed E-state index contributed by atoms with van der Waals surface area (Å²) in [6, 6.07) is 36.8. The van der Waals surface area contributed by atoms with E-state index in [0.29, 0.717) is 35.1 Å². The Kier molecular flexibility index (Phi) is 8.19. The second-order valence-corrected chi connectivity index (χ2v) is 12.5. The van der Waals surface area contributed by atoms with Crippen molar-refractivity contribution < 1.29 is 22.7 Å². The van der Waals surface area contributed by atoms with Crippen LogP contribution < -0.4 is 24.0 Å². The van der Waals surface area contributed by atoms with E-state index in [1.165, 1.54) is 6.07 Å². The maximum absolute atomic E-state index is 14.6. The number of amides is 1. The average Bonchev–Trinajstić information content (AvgIpc) is 3.07. The van der Waals surface area contributed by atoms with Gasteiger partial charge in [-0.15, -0.1) is 0 Å². The van der Waals surface area contributed by atoms with E-state index in [4.69, 9.17) is 9.47 Å². The molecule has 1 amide bonds. The molecule has 1 aliphatic heterocycles. The van der Waals surface area contributed by atoms with Crippen LogP contribution in [-0.4, -0.2) is 28.5 Å². The number of hydrogen-bond donors (Lipinski definition) is 1. The van der Waals surface area contributed by atoms with Crippen molar-refractivity contribution in [3.05, 3.63) is 144 Å². The zero-order valence-electron chi connectivity index (χ0n) is 25.2. The van der Waals surface area contributed by atoms with E-state index in [1.54, 1.807) is 55.5 Å². The van der Waals surface area contributed by atoms with Crippen LogP contribution in [0.4, 0.5) is 17.1 Å². The summed E-state index contributed by atoms with van der Waals surface area (Å²) in [5, 5.41) is 0. The minimum absolute atomic E-state index is 0.0168. The lowest BCUT2D eigenvalue weighted by atomic mass is 9.98. The van der Waals surface area contributed by atoms with Gasteiger partial charge in [0.25, 0.3) is 15.9 Å². The highest BCUT2D eigenvalue weighted by atomic mass is 32.2. The van der Waals surface area contributed by atoms with Crippen molar-refractivity contribution in [1.29, 1.82) is 0 Å². The second kappa shape index (κ2) is 12.4. The Morgan fingerprint density at radius 3 is 2.00 bits per heavy atom. The quantitative estimate of drug-likeness (QED) is 0.188. The van der Waals surface area contributed by atoms with Crippen molar-refractivity contribution in [2.24, 2.45) is 0 Å². The summed E-state index contributed by atoms with van der Waals surface area (Å²) in [4.78, 5) is 18.4. The highest BCUT2D eigenvalue weighted by Crippen LogP contribution is 2.43. The first-order valence-corrected chi connectivity index (χ1v) is 15.9. The maximum Gasteiger partial charge on any atom is 0.262 e. The van der Waals surface area contributed by atoms with Crippen molar-refractivity contribution in [3.8, 4) is 11.5 Å². The summed E-state index contributed by atoms with van der Waals surface area (Å²) >= 11 is 0. The molecule has 0 unspecified atom stereocenters. The number of aryl methyl sites for hydroxylation is 1. The third-order valence-electron chi connectivity index (χ3n) is 7.84. The smallest absolute Gasteiger partial charge is 0.262 e. The number of anilines is 3. The number of sulfonamides is 1. The lowest BCUT2D eigenvalue weighted by Crippen LogP contribution is -2.49. The number of carbonyl (C=O) groups is 1. The molecule has 0 aromatic heterocycles. The van der Waals surface area contributed by atoms with Crippen LogP contribution in [0.2, 0.25) is 0 Å². The van der Waals surface area contributed by atoms with Gasteiger partial charge in [-0.05, 0) is 84.8 Å². The van der Waals surface area contributed by atoms with E-state index in [2.05, 4.69) is 9.62 Å². The van der Waals surface area contributed by atoms with Crippen molar-refractivity contribution >= 4 is 33.0 Å². The summed E-state index contributed by atoms with van der Waals surface area (Å²) in [6.07, 6.45) is -0.529. The summed E-state index contributed by atoms with van der Waals surface area (Å²) in [5.74, 6) is 1.01. The van der Waals surface area contributed by atoms with Gasteiger partial charge in [0.15, 0.2) is 0 Å². The Bertz CT molecular complexity index is 1910. The first-order chi connectivity index (χ1) is 21.8. The van der Waals surface area contributed by atoms with Gasteiger partial charge in [-0.25, -0.2) is 8.42 Å². The number of benzene rings is 5. The van der Waals surface area contributed by atoms with Gasteiger partial charge in [0.05, 0.1) is 30.4 Å². The Morgan fingerprint density at radius 1 is 0.756 bits per heavy atom. The summed E-state index contributed by atoms with van der Waals surface area (Å²) in [7, 11) is -0.860. The van der Waals surface area contributed by atoms with Crippen LogP contribution in [0.1, 0.15) is 33.2 Å². The zero-order chi connectivity index (χ0) is 31.6. The van der Waals surface area contributed by atoms with Gasteiger partial charge in [0.1, 0.15) is 17.7 Å². The number of fused-ring (bicyclic) bond motifs is 1. The third kappa shape index (κ3) is 6.07. The van der Waals surface area contributed by atoms with Gasteiger partial charge in [-0.1, -0.05) is 60.2 Å². The number of hydrogen-bond acceptors (Lipinski definition) is 6. The number of carbonyl (C=O) groups excluding carboxylic acids is 1. The van der Waals surface area contributed by atoms with Crippen LogP contribution in [0.25, 0.3) is 0 Å². The van der Waals surface area contributed by atoms with Crippen molar-refractivity contribution in [2.75, 3.05) is 28.7 Å². The molecule has 5 aromatic rings. The normalized spacial score (nSPS) is 14.6. The summed E-state index contributed by atoms with van der Waals surface area (Å²) in [6.45, 7) is 2.46. The van der Waals surface area contributed by atoms with E-state index < -0.39 is 16.2 Å². The lowest BCUT2D eigenvalue weighted by molar-refractivity contribution is 0.0968. The number of ether oxygens (including phenoxy) is 2. The van der Waals surface area contributed by atoms with Crippen LogP contribution in [-0.2, 0) is 16.6 Å². The predicted molar refractivity (Wildman–Crippen MR) is 177 cm³/mol. The molecule has 0 saturated carbocycles. The molecule has 1 N–H and O–H groups in total. The number of nitrogens with one attached hydrogen (secondary N) is 1. The molecular formula is C36H33N3O5S. The fourth-order valence-electron chi connectivity index (χ4n) is 5.51. The number of methoxy groups -OCH3 is 2. The molecule has 1 heterocycles. The average molecular weight is 620 g/mol. The van der Waals surface area contributed by atoms with E-state index in [9.17, 15) is 13.2 Å². The lowest BCUT2D eigenvalue weighted by Gasteiger charge is -2.46. The van der Waals surface area contributed by atoms with Crippen LogP contribution >= 0.6 is 0 Å². The Hall–Kier alpha value is -5.28. The minimum atomic E-state index is -4.02. The molecule has 9 heteroatoms. The number of nitrogens with zero attached hydrogens (tertiary/aromatic N) is 2.